The molecule has 7 nitrogen and oxygen atoms in total. The summed E-state index contributed by atoms with van der Waals surface area (Å²) in [5, 5.41) is 5.56. The normalized spacial score (nSPS) is 18.1. The minimum Gasteiger partial charge on any atom is -0.368 e. The maximum Gasteiger partial charge on any atom is 0.251 e. The van der Waals surface area contributed by atoms with Gasteiger partial charge in [-0.3, -0.25) is 14.4 Å². The Balaban J connectivity index is 1.92. The number of amides is 3. The molecule has 0 bridgehead atoms. The Morgan fingerprint density at radius 3 is 2.67 bits per heavy atom. The highest BCUT2D eigenvalue weighted by Gasteiger charge is 2.30. The largest absolute Gasteiger partial charge is 0.368 e. The van der Waals surface area contributed by atoms with Crippen LogP contribution in [0.2, 0.25) is 0 Å². The highest BCUT2D eigenvalue weighted by Crippen LogP contribution is 2.03. The summed E-state index contributed by atoms with van der Waals surface area (Å²) < 4.78 is 0. The van der Waals surface area contributed by atoms with Crippen LogP contribution < -0.4 is 16.4 Å². The molecule has 1 aliphatic rings. The van der Waals surface area contributed by atoms with Gasteiger partial charge in [-0.2, -0.15) is 0 Å². The van der Waals surface area contributed by atoms with Gasteiger partial charge in [-0.1, -0.05) is 18.2 Å². The van der Waals surface area contributed by atoms with E-state index in [4.69, 9.17) is 5.73 Å². The topological polar surface area (TPSA) is 105 Å². The lowest BCUT2D eigenvalue weighted by molar-refractivity contribution is -0.139. The van der Waals surface area contributed by atoms with Crippen LogP contribution in [0.1, 0.15) is 10.4 Å². The quantitative estimate of drug-likeness (QED) is 0.641. The molecule has 7 heteroatoms. The third-order valence-corrected chi connectivity index (χ3v) is 3.33. The highest BCUT2D eigenvalue weighted by molar-refractivity contribution is 5.97. The average molecular weight is 290 g/mol. The molecule has 0 aromatic heterocycles. The number of rotatable bonds is 4. The van der Waals surface area contributed by atoms with Crippen LogP contribution in [0.25, 0.3) is 0 Å². The molecule has 1 aliphatic heterocycles. The van der Waals surface area contributed by atoms with Crippen LogP contribution in [0.4, 0.5) is 0 Å². The Labute approximate surface area is 122 Å². The summed E-state index contributed by atoms with van der Waals surface area (Å²) in [6.07, 6.45) is 0. The Morgan fingerprint density at radius 2 is 2.00 bits per heavy atom. The van der Waals surface area contributed by atoms with Crippen LogP contribution in [-0.2, 0) is 9.59 Å². The molecule has 4 N–H and O–H groups in total. The number of nitrogens with two attached hydrogens (primary N) is 1. The summed E-state index contributed by atoms with van der Waals surface area (Å²) in [5.41, 5.74) is 5.77. The van der Waals surface area contributed by atoms with Crippen LogP contribution >= 0.6 is 0 Å². The summed E-state index contributed by atoms with van der Waals surface area (Å²) in [6.45, 7) is 1.18. The molecule has 1 aromatic rings. The van der Waals surface area contributed by atoms with Crippen molar-refractivity contribution in [3.8, 4) is 0 Å². The number of primary amides is 1. The van der Waals surface area contributed by atoms with Crippen molar-refractivity contribution in [1.29, 1.82) is 0 Å². The first-order valence-corrected chi connectivity index (χ1v) is 6.72. The fraction of sp³-hybridized carbons (Fsp3) is 0.357. The van der Waals surface area contributed by atoms with Crippen molar-refractivity contribution in [2.45, 2.75) is 6.04 Å². The van der Waals surface area contributed by atoms with E-state index >= 15 is 0 Å². The monoisotopic (exact) mass is 290 g/mol. The van der Waals surface area contributed by atoms with Gasteiger partial charge in [-0.05, 0) is 12.1 Å². The zero-order valence-electron chi connectivity index (χ0n) is 11.5. The first kappa shape index (κ1) is 15.0. The molecule has 3 amide bonds. The molecule has 0 radical (unpaired) electrons. The van der Waals surface area contributed by atoms with E-state index in [1.54, 1.807) is 30.3 Å². The van der Waals surface area contributed by atoms with Gasteiger partial charge in [-0.25, -0.2) is 0 Å². The maximum absolute atomic E-state index is 12.1. The highest BCUT2D eigenvalue weighted by atomic mass is 16.2. The van der Waals surface area contributed by atoms with E-state index < -0.39 is 11.9 Å². The molecular weight excluding hydrogens is 272 g/mol. The van der Waals surface area contributed by atoms with E-state index in [2.05, 4.69) is 10.6 Å². The lowest BCUT2D eigenvalue weighted by Gasteiger charge is -2.34. The van der Waals surface area contributed by atoms with Gasteiger partial charge in [0.15, 0.2) is 0 Å². The molecule has 1 unspecified atom stereocenters. The summed E-state index contributed by atoms with van der Waals surface area (Å²) in [7, 11) is 0. The molecule has 0 aliphatic carbocycles. The van der Waals surface area contributed by atoms with E-state index in [1.807, 2.05) is 0 Å². The van der Waals surface area contributed by atoms with Gasteiger partial charge in [0.05, 0.1) is 6.54 Å². The number of hydrogen-bond acceptors (Lipinski definition) is 4. The van der Waals surface area contributed by atoms with Gasteiger partial charge in [-0.15, -0.1) is 0 Å². The first-order valence-electron chi connectivity index (χ1n) is 6.72. The van der Waals surface area contributed by atoms with Gasteiger partial charge in [0, 0.05) is 25.2 Å². The van der Waals surface area contributed by atoms with Crippen LogP contribution in [0, 0.1) is 0 Å². The predicted octanol–water partition coefficient (Wildman–Crippen LogP) is -1.30. The van der Waals surface area contributed by atoms with Gasteiger partial charge in [0.25, 0.3) is 5.91 Å². The summed E-state index contributed by atoms with van der Waals surface area (Å²) in [5.74, 6) is -1.19. The zero-order chi connectivity index (χ0) is 15.2. The van der Waals surface area contributed by atoms with E-state index in [0.717, 1.165) is 0 Å². The Hall–Kier alpha value is -2.41. The molecule has 112 valence electrons. The molecule has 0 saturated carbocycles. The number of piperazine rings is 1. The van der Waals surface area contributed by atoms with Gasteiger partial charge in [0.1, 0.15) is 6.04 Å². The minimum atomic E-state index is -0.667. The van der Waals surface area contributed by atoms with E-state index in [9.17, 15) is 14.4 Å². The summed E-state index contributed by atoms with van der Waals surface area (Å²) in [4.78, 5) is 36.7. The van der Waals surface area contributed by atoms with E-state index in [1.165, 1.54) is 4.90 Å². The summed E-state index contributed by atoms with van der Waals surface area (Å²) >= 11 is 0. The van der Waals surface area contributed by atoms with Crippen molar-refractivity contribution in [2.75, 3.05) is 26.2 Å². The fourth-order valence-corrected chi connectivity index (χ4v) is 2.21. The van der Waals surface area contributed by atoms with Crippen molar-refractivity contribution >= 4 is 17.7 Å². The van der Waals surface area contributed by atoms with Gasteiger partial charge in [0.2, 0.25) is 11.8 Å². The SMILES string of the molecule is NC(=O)C1CNCCN1C(=O)CNC(=O)c1ccccc1. The Kier molecular flexibility index (Phi) is 4.89. The molecule has 0 spiro atoms. The molecule has 2 rings (SSSR count). The lowest BCUT2D eigenvalue weighted by atomic mass is 10.1. The average Bonchev–Trinajstić information content (AvgIpc) is 2.53. The van der Waals surface area contributed by atoms with E-state index in [-0.39, 0.29) is 18.4 Å². The van der Waals surface area contributed by atoms with Crippen molar-refractivity contribution in [3.63, 3.8) is 0 Å². The number of nitrogens with zero attached hydrogens (tertiary/aromatic N) is 1. The number of carbonyl (C=O) groups is 3. The second-order valence-corrected chi connectivity index (χ2v) is 4.76. The molecule has 1 atom stereocenters. The number of hydrogen-bond donors (Lipinski definition) is 3. The molecule has 1 fully saturated rings. The molecular formula is C14H18N4O3. The van der Waals surface area contributed by atoms with Crippen LogP contribution in [0.15, 0.2) is 30.3 Å². The van der Waals surface area contributed by atoms with Crippen molar-refractivity contribution in [2.24, 2.45) is 5.73 Å². The summed E-state index contributed by atoms with van der Waals surface area (Å²) in [6, 6.07) is 7.96. The third-order valence-electron chi connectivity index (χ3n) is 3.33. The van der Waals surface area contributed by atoms with Crippen LogP contribution in [-0.4, -0.2) is 54.8 Å². The smallest absolute Gasteiger partial charge is 0.251 e. The van der Waals surface area contributed by atoms with Crippen molar-refractivity contribution < 1.29 is 14.4 Å². The Bertz CT molecular complexity index is 532. The molecule has 1 saturated heterocycles. The second kappa shape index (κ2) is 6.85. The van der Waals surface area contributed by atoms with Crippen LogP contribution in [0.3, 0.4) is 0 Å². The second-order valence-electron chi connectivity index (χ2n) is 4.76. The predicted molar refractivity (Wildman–Crippen MR) is 76.3 cm³/mol. The van der Waals surface area contributed by atoms with Gasteiger partial charge < -0.3 is 21.3 Å². The number of benzene rings is 1. The number of nitrogens with one attached hydrogen (secondary N) is 2. The fourth-order valence-electron chi connectivity index (χ4n) is 2.21. The minimum absolute atomic E-state index is 0.155. The van der Waals surface area contributed by atoms with Crippen molar-refractivity contribution in [1.82, 2.24) is 15.5 Å². The Morgan fingerprint density at radius 1 is 1.29 bits per heavy atom. The van der Waals surface area contributed by atoms with Crippen LogP contribution in [0.5, 0.6) is 0 Å². The van der Waals surface area contributed by atoms with Crippen molar-refractivity contribution in [3.05, 3.63) is 35.9 Å². The molecule has 1 aromatic carbocycles. The number of carbonyl (C=O) groups excluding carboxylic acids is 3. The third kappa shape index (κ3) is 3.79. The van der Waals surface area contributed by atoms with Gasteiger partial charge >= 0.3 is 0 Å². The lowest BCUT2D eigenvalue weighted by Crippen LogP contribution is -2.60. The standard InChI is InChI=1S/C14H18N4O3/c15-13(20)11-8-16-6-7-18(11)12(19)9-17-14(21)10-4-2-1-3-5-10/h1-5,11,16H,6-9H2,(H2,15,20)(H,17,21). The first-order chi connectivity index (χ1) is 10.1. The maximum atomic E-state index is 12.1. The van der Waals surface area contributed by atoms with E-state index in [0.29, 0.717) is 25.2 Å². The molecule has 21 heavy (non-hydrogen) atoms. The zero-order valence-corrected chi connectivity index (χ0v) is 11.5. The molecule has 1 heterocycles.